The smallest absolute Gasteiger partial charge is 0.247 e. The van der Waals surface area contributed by atoms with Crippen molar-refractivity contribution in [3.63, 3.8) is 0 Å². The minimum absolute atomic E-state index is 0.129. The van der Waals surface area contributed by atoms with Crippen LogP contribution in [0.4, 0.5) is 4.39 Å². The standard InChI is InChI=1S/C18H20FNO4S/c1-13-3-8-17(23-2)18(11-13)25(21,22)20-9-10-24-12-16(20)14-4-6-15(19)7-5-14/h3-8,11,16H,9-10,12H2,1-2H3. The van der Waals surface area contributed by atoms with Crippen molar-refractivity contribution in [2.45, 2.75) is 17.9 Å². The first-order chi connectivity index (χ1) is 11.9. The number of sulfonamides is 1. The molecule has 0 aliphatic carbocycles. The molecule has 0 aromatic heterocycles. The number of nitrogens with zero attached hydrogens (tertiary/aromatic N) is 1. The van der Waals surface area contributed by atoms with Gasteiger partial charge < -0.3 is 9.47 Å². The maximum absolute atomic E-state index is 13.3. The first-order valence-electron chi connectivity index (χ1n) is 7.93. The second-order valence-corrected chi connectivity index (χ2v) is 7.77. The van der Waals surface area contributed by atoms with Crippen LogP contribution in [0.1, 0.15) is 17.2 Å². The molecular weight excluding hydrogens is 345 g/mol. The third-order valence-electron chi connectivity index (χ3n) is 4.24. The quantitative estimate of drug-likeness (QED) is 0.836. The SMILES string of the molecule is COc1ccc(C)cc1S(=O)(=O)N1CCOCC1c1ccc(F)cc1. The van der Waals surface area contributed by atoms with E-state index in [1.807, 2.05) is 6.92 Å². The molecular formula is C18H20FNO4S. The summed E-state index contributed by atoms with van der Waals surface area (Å²) in [6.45, 7) is 2.58. The molecule has 1 unspecified atom stereocenters. The Kier molecular flexibility index (Phi) is 5.08. The number of ether oxygens (including phenoxy) is 2. The molecule has 1 saturated heterocycles. The first kappa shape index (κ1) is 17.8. The highest BCUT2D eigenvalue weighted by molar-refractivity contribution is 7.89. The monoisotopic (exact) mass is 365 g/mol. The van der Waals surface area contributed by atoms with Gasteiger partial charge in [-0.3, -0.25) is 0 Å². The molecule has 0 bridgehead atoms. The summed E-state index contributed by atoms with van der Waals surface area (Å²) in [5.74, 6) is -0.0646. The molecule has 0 saturated carbocycles. The molecule has 7 heteroatoms. The third-order valence-corrected chi connectivity index (χ3v) is 6.17. The highest BCUT2D eigenvalue weighted by Crippen LogP contribution is 2.34. The summed E-state index contributed by atoms with van der Waals surface area (Å²) in [5.41, 5.74) is 1.52. The topological polar surface area (TPSA) is 55.8 Å². The van der Waals surface area contributed by atoms with Crippen molar-refractivity contribution in [3.8, 4) is 5.75 Å². The predicted octanol–water partition coefficient (Wildman–Crippen LogP) is 2.90. The molecule has 2 aromatic rings. The molecule has 5 nitrogen and oxygen atoms in total. The van der Waals surface area contributed by atoms with Gasteiger partial charge in [-0.25, -0.2) is 12.8 Å². The zero-order valence-corrected chi connectivity index (χ0v) is 14.9. The summed E-state index contributed by atoms with van der Waals surface area (Å²) in [5, 5.41) is 0. The largest absolute Gasteiger partial charge is 0.495 e. The molecule has 1 fully saturated rings. The van der Waals surface area contributed by atoms with Gasteiger partial charge in [0.1, 0.15) is 16.5 Å². The summed E-state index contributed by atoms with van der Waals surface area (Å²) in [6.07, 6.45) is 0. The molecule has 0 amide bonds. The zero-order chi connectivity index (χ0) is 18.0. The van der Waals surface area contributed by atoms with Crippen molar-refractivity contribution >= 4 is 10.0 Å². The lowest BCUT2D eigenvalue weighted by Gasteiger charge is -2.35. The van der Waals surface area contributed by atoms with Crippen LogP contribution in [-0.2, 0) is 14.8 Å². The molecule has 1 atom stereocenters. The van der Waals surface area contributed by atoms with Crippen molar-refractivity contribution in [1.82, 2.24) is 4.31 Å². The van der Waals surface area contributed by atoms with Crippen LogP contribution in [0.2, 0.25) is 0 Å². The van der Waals surface area contributed by atoms with Gasteiger partial charge in [0.15, 0.2) is 0 Å². The fourth-order valence-corrected chi connectivity index (χ4v) is 4.76. The lowest BCUT2D eigenvalue weighted by atomic mass is 10.1. The molecule has 0 radical (unpaired) electrons. The summed E-state index contributed by atoms with van der Waals surface area (Å²) in [4.78, 5) is 0.129. The number of hydrogen-bond acceptors (Lipinski definition) is 4. The van der Waals surface area contributed by atoms with Gasteiger partial charge in [0.25, 0.3) is 0 Å². The summed E-state index contributed by atoms with van der Waals surface area (Å²) in [6, 6.07) is 10.4. The normalized spacial score (nSPS) is 18.9. The van der Waals surface area contributed by atoms with E-state index in [-0.39, 0.29) is 23.9 Å². The minimum atomic E-state index is -3.80. The number of hydrogen-bond donors (Lipinski definition) is 0. The molecule has 2 aromatic carbocycles. The Morgan fingerprint density at radius 2 is 1.92 bits per heavy atom. The highest BCUT2D eigenvalue weighted by atomic mass is 32.2. The van der Waals surface area contributed by atoms with Gasteiger partial charge in [-0.15, -0.1) is 0 Å². The number of morpholine rings is 1. The Balaban J connectivity index is 2.05. The van der Waals surface area contributed by atoms with Crippen LogP contribution in [0.15, 0.2) is 47.4 Å². The van der Waals surface area contributed by atoms with E-state index in [0.717, 1.165) is 5.56 Å². The fourth-order valence-electron chi connectivity index (χ4n) is 2.94. The van der Waals surface area contributed by atoms with E-state index in [9.17, 15) is 12.8 Å². The third kappa shape index (κ3) is 3.53. The van der Waals surface area contributed by atoms with E-state index in [0.29, 0.717) is 17.9 Å². The Labute approximate surface area is 147 Å². The van der Waals surface area contributed by atoms with Gasteiger partial charge in [0.2, 0.25) is 10.0 Å². The van der Waals surface area contributed by atoms with Crippen molar-refractivity contribution in [3.05, 3.63) is 59.4 Å². The van der Waals surface area contributed by atoms with Crippen LogP contribution in [0.25, 0.3) is 0 Å². The Morgan fingerprint density at radius 3 is 2.60 bits per heavy atom. The van der Waals surface area contributed by atoms with E-state index >= 15 is 0 Å². The van der Waals surface area contributed by atoms with Crippen molar-refractivity contribution in [1.29, 1.82) is 0 Å². The molecule has 0 N–H and O–H groups in total. The van der Waals surface area contributed by atoms with Crippen LogP contribution in [0.5, 0.6) is 5.75 Å². The van der Waals surface area contributed by atoms with E-state index in [1.54, 1.807) is 30.3 Å². The van der Waals surface area contributed by atoms with Gasteiger partial charge in [-0.1, -0.05) is 18.2 Å². The zero-order valence-electron chi connectivity index (χ0n) is 14.1. The maximum atomic E-state index is 13.3. The molecule has 1 aliphatic heterocycles. The van der Waals surface area contributed by atoms with E-state index in [4.69, 9.17) is 9.47 Å². The lowest BCUT2D eigenvalue weighted by molar-refractivity contribution is 0.0320. The van der Waals surface area contributed by atoms with Crippen LogP contribution >= 0.6 is 0 Å². The van der Waals surface area contributed by atoms with Crippen molar-refractivity contribution in [2.24, 2.45) is 0 Å². The number of rotatable bonds is 4. The van der Waals surface area contributed by atoms with Gasteiger partial charge in [-0.05, 0) is 42.3 Å². The molecule has 25 heavy (non-hydrogen) atoms. The minimum Gasteiger partial charge on any atom is -0.495 e. The Morgan fingerprint density at radius 1 is 1.20 bits per heavy atom. The highest BCUT2D eigenvalue weighted by Gasteiger charge is 2.36. The lowest BCUT2D eigenvalue weighted by Crippen LogP contribution is -2.43. The Bertz CT molecular complexity index is 852. The molecule has 134 valence electrons. The van der Waals surface area contributed by atoms with Crippen molar-refractivity contribution in [2.75, 3.05) is 26.9 Å². The average Bonchev–Trinajstić information content (AvgIpc) is 2.62. The van der Waals surface area contributed by atoms with Crippen LogP contribution in [0.3, 0.4) is 0 Å². The fraction of sp³-hybridized carbons (Fsp3) is 0.333. The molecule has 1 heterocycles. The molecule has 3 rings (SSSR count). The van der Waals surface area contributed by atoms with Crippen molar-refractivity contribution < 1.29 is 22.3 Å². The number of aryl methyl sites for hydroxylation is 1. The molecule has 0 spiro atoms. The number of methoxy groups -OCH3 is 1. The van der Waals surface area contributed by atoms with Crippen LogP contribution in [-0.4, -0.2) is 39.6 Å². The van der Waals surface area contributed by atoms with E-state index < -0.39 is 16.1 Å². The van der Waals surface area contributed by atoms with Crippen LogP contribution in [0, 0.1) is 12.7 Å². The van der Waals surface area contributed by atoms with Crippen LogP contribution < -0.4 is 4.74 Å². The maximum Gasteiger partial charge on any atom is 0.247 e. The van der Waals surface area contributed by atoms with Gasteiger partial charge >= 0.3 is 0 Å². The summed E-state index contributed by atoms with van der Waals surface area (Å²) in [7, 11) is -2.36. The number of halogens is 1. The summed E-state index contributed by atoms with van der Waals surface area (Å²) < 4.78 is 51.9. The average molecular weight is 365 g/mol. The van der Waals surface area contributed by atoms with Gasteiger partial charge in [0.05, 0.1) is 26.4 Å². The molecule has 1 aliphatic rings. The van der Waals surface area contributed by atoms with Gasteiger partial charge in [0, 0.05) is 6.54 Å². The second-order valence-electron chi connectivity index (χ2n) is 5.91. The van der Waals surface area contributed by atoms with E-state index in [2.05, 4.69) is 0 Å². The van der Waals surface area contributed by atoms with E-state index in [1.165, 1.54) is 23.5 Å². The Hall–Kier alpha value is -1.96. The summed E-state index contributed by atoms with van der Waals surface area (Å²) >= 11 is 0. The number of benzene rings is 2. The first-order valence-corrected chi connectivity index (χ1v) is 9.37. The van der Waals surface area contributed by atoms with Gasteiger partial charge in [-0.2, -0.15) is 4.31 Å². The second kappa shape index (κ2) is 7.11. The predicted molar refractivity (Wildman–Crippen MR) is 91.6 cm³/mol.